The molecule has 0 aromatic heterocycles. The molecule has 0 unspecified atom stereocenters. The van der Waals surface area contributed by atoms with Crippen LogP contribution < -0.4 is 0 Å². The van der Waals surface area contributed by atoms with Gasteiger partial charge in [-0.3, -0.25) is 0 Å². The summed E-state index contributed by atoms with van der Waals surface area (Å²) >= 11 is 0. The zero-order valence-electron chi connectivity index (χ0n) is 10.3. The second-order valence-electron chi connectivity index (χ2n) is 5.01. The molecule has 0 saturated heterocycles. The lowest BCUT2D eigenvalue weighted by atomic mass is 9.74. The molecular weight excluding hydrogens is 202 g/mol. The summed E-state index contributed by atoms with van der Waals surface area (Å²) in [7, 11) is 1.30. The molecule has 0 aliphatic heterocycles. The van der Waals surface area contributed by atoms with Crippen molar-refractivity contribution >= 4 is 5.97 Å². The van der Waals surface area contributed by atoms with Crippen molar-refractivity contribution in [3.05, 3.63) is 22.8 Å². The van der Waals surface area contributed by atoms with Gasteiger partial charge in [0.05, 0.1) is 7.11 Å². The molecular formula is C13H17NO2. The molecule has 1 aliphatic carbocycles. The van der Waals surface area contributed by atoms with E-state index in [0.717, 1.165) is 18.4 Å². The highest BCUT2D eigenvalue weighted by atomic mass is 16.5. The Morgan fingerprint density at radius 1 is 1.50 bits per heavy atom. The summed E-state index contributed by atoms with van der Waals surface area (Å²) in [4.78, 5) is 11.4. The Bertz CT molecular complexity index is 408. The van der Waals surface area contributed by atoms with E-state index in [-0.39, 0.29) is 11.0 Å². The quantitative estimate of drug-likeness (QED) is 0.387. The first-order valence-electron chi connectivity index (χ1n) is 5.28. The molecule has 0 fully saturated rings. The number of nitrogens with zero attached hydrogens (tertiary/aromatic N) is 1. The van der Waals surface area contributed by atoms with Crippen LogP contribution in [0.2, 0.25) is 0 Å². The molecule has 0 heterocycles. The molecule has 0 spiro atoms. The van der Waals surface area contributed by atoms with E-state index in [1.54, 1.807) is 0 Å². The predicted molar refractivity (Wildman–Crippen MR) is 61.4 cm³/mol. The summed E-state index contributed by atoms with van der Waals surface area (Å²) in [5.41, 5.74) is 2.23. The van der Waals surface area contributed by atoms with E-state index in [1.165, 1.54) is 12.7 Å². The van der Waals surface area contributed by atoms with Crippen molar-refractivity contribution in [3.8, 4) is 6.07 Å². The summed E-state index contributed by atoms with van der Waals surface area (Å²) in [6.07, 6.45) is 3.67. The molecule has 1 rings (SSSR count). The van der Waals surface area contributed by atoms with Gasteiger partial charge in [0.2, 0.25) is 0 Å². The summed E-state index contributed by atoms with van der Waals surface area (Å²) in [5, 5.41) is 9.00. The van der Waals surface area contributed by atoms with Gasteiger partial charge in [-0.15, -0.1) is 0 Å². The number of nitriles is 1. The molecule has 3 heteroatoms. The number of allylic oxidation sites excluding steroid dienone is 3. The van der Waals surface area contributed by atoms with E-state index in [4.69, 9.17) is 5.26 Å². The molecule has 3 nitrogen and oxygen atoms in total. The molecule has 0 amide bonds. The second-order valence-corrected chi connectivity index (χ2v) is 5.01. The van der Waals surface area contributed by atoms with Crippen molar-refractivity contribution in [2.75, 3.05) is 7.11 Å². The SMILES string of the molecule is COC(=O)/C(C#N)=C1/C=C(C)CC(C)(C)C1. The van der Waals surface area contributed by atoms with Crippen LogP contribution in [-0.4, -0.2) is 13.1 Å². The lowest BCUT2D eigenvalue weighted by Crippen LogP contribution is -2.19. The second kappa shape index (κ2) is 4.52. The van der Waals surface area contributed by atoms with E-state index >= 15 is 0 Å². The van der Waals surface area contributed by atoms with Crippen molar-refractivity contribution < 1.29 is 9.53 Å². The van der Waals surface area contributed by atoms with Crippen molar-refractivity contribution in [1.29, 1.82) is 5.26 Å². The highest BCUT2D eigenvalue weighted by Gasteiger charge is 2.27. The Labute approximate surface area is 96.4 Å². The minimum atomic E-state index is -0.542. The highest BCUT2D eigenvalue weighted by Crippen LogP contribution is 2.38. The first kappa shape index (κ1) is 12.5. The van der Waals surface area contributed by atoms with E-state index in [0.29, 0.717) is 0 Å². The average Bonchev–Trinajstić information content (AvgIpc) is 2.15. The third-order valence-electron chi connectivity index (χ3n) is 2.67. The zero-order valence-corrected chi connectivity index (χ0v) is 10.3. The topological polar surface area (TPSA) is 50.1 Å². The van der Waals surface area contributed by atoms with Crippen LogP contribution in [-0.2, 0) is 9.53 Å². The molecule has 86 valence electrons. The van der Waals surface area contributed by atoms with Gasteiger partial charge in [0, 0.05) is 0 Å². The lowest BCUT2D eigenvalue weighted by molar-refractivity contribution is -0.135. The molecule has 0 atom stereocenters. The number of carbonyl (C=O) groups is 1. The summed E-state index contributed by atoms with van der Waals surface area (Å²) < 4.78 is 4.61. The van der Waals surface area contributed by atoms with Crippen LogP contribution in [0.3, 0.4) is 0 Å². The Hall–Kier alpha value is -1.56. The first-order valence-corrected chi connectivity index (χ1v) is 5.28. The van der Waals surface area contributed by atoms with Gasteiger partial charge in [0.25, 0.3) is 0 Å². The van der Waals surface area contributed by atoms with Crippen LogP contribution in [0.1, 0.15) is 33.6 Å². The van der Waals surface area contributed by atoms with Crippen LogP contribution in [0.25, 0.3) is 0 Å². The van der Waals surface area contributed by atoms with Gasteiger partial charge < -0.3 is 4.74 Å². The molecule has 0 saturated carbocycles. The minimum absolute atomic E-state index is 0.101. The summed E-state index contributed by atoms with van der Waals surface area (Å²) in [6.45, 7) is 6.29. The maximum absolute atomic E-state index is 11.4. The predicted octanol–water partition coefficient (Wildman–Crippen LogP) is 2.75. The fourth-order valence-electron chi connectivity index (χ4n) is 2.24. The third kappa shape index (κ3) is 2.73. The number of ether oxygens (including phenoxy) is 1. The van der Waals surface area contributed by atoms with Crippen molar-refractivity contribution in [3.63, 3.8) is 0 Å². The summed E-state index contributed by atoms with van der Waals surface area (Å²) in [5.74, 6) is -0.542. The van der Waals surface area contributed by atoms with Crippen LogP contribution in [0, 0.1) is 16.7 Å². The lowest BCUT2D eigenvalue weighted by Gasteiger charge is -2.30. The molecule has 0 radical (unpaired) electrons. The van der Waals surface area contributed by atoms with Gasteiger partial charge in [-0.1, -0.05) is 25.5 Å². The third-order valence-corrected chi connectivity index (χ3v) is 2.67. The number of carbonyl (C=O) groups excluding carboxylic acids is 1. The number of esters is 1. The Morgan fingerprint density at radius 2 is 2.12 bits per heavy atom. The maximum atomic E-state index is 11.4. The van der Waals surface area contributed by atoms with E-state index in [9.17, 15) is 4.79 Å². The Morgan fingerprint density at radius 3 is 2.56 bits per heavy atom. The molecule has 0 aromatic rings. The van der Waals surface area contributed by atoms with Crippen molar-refractivity contribution in [1.82, 2.24) is 0 Å². The van der Waals surface area contributed by atoms with Gasteiger partial charge in [-0.2, -0.15) is 5.26 Å². The standard InChI is InChI=1S/C13H17NO2/c1-9-5-10(7-13(2,3)6-9)11(8-14)12(15)16-4/h5H,6-7H2,1-4H3/b11-10-. The van der Waals surface area contributed by atoms with E-state index in [1.807, 2.05) is 19.1 Å². The fraction of sp³-hybridized carbons (Fsp3) is 0.538. The van der Waals surface area contributed by atoms with Crippen LogP contribution >= 0.6 is 0 Å². The first-order chi connectivity index (χ1) is 7.39. The number of hydrogen-bond acceptors (Lipinski definition) is 3. The van der Waals surface area contributed by atoms with Gasteiger partial charge in [0.15, 0.2) is 0 Å². The van der Waals surface area contributed by atoms with Crippen LogP contribution in [0.4, 0.5) is 0 Å². The average molecular weight is 219 g/mol. The Kier molecular flexibility index (Phi) is 3.54. The smallest absolute Gasteiger partial charge is 0.348 e. The van der Waals surface area contributed by atoms with E-state index in [2.05, 4.69) is 18.6 Å². The fourth-order valence-corrected chi connectivity index (χ4v) is 2.24. The minimum Gasteiger partial charge on any atom is -0.465 e. The van der Waals surface area contributed by atoms with Gasteiger partial charge in [0.1, 0.15) is 11.6 Å². The molecule has 1 aliphatic rings. The molecule has 16 heavy (non-hydrogen) atoms. The molecule has 0 bridgehead atoms. The van der Waals surface area contributed by atoms with Gasteiger partial charge >= 0.3 is 5.97 Å². The number of hydrogen-bond donors (Lipinski definition) is 0. The van der Waals surface area contributed by atoms with Crippen molar-refractivity contribution in [2.24, 2.45) is 5.41 Å². The van der Waals surface area contributed by atoms with E-state index < -0.39 is 5.97 Å². The highest BCUT2D eigenvalue weighted by molar-refractivity contribution is 5.94. The normalized spacial score (nSPS) is 21.8. The molecule has 0 N–H and O–H groups in total. The largest absolute Gasteiger partial charge is 0.465 e. The number of methoxy groups -OCH3 is 1. The monoisotopic (exact) mass is 219 g/mol. The van der Waals surface area contributed by atoms with Gasteiger partial charge in [-0.05, 0) is 30.8 Å². The van der Waals surface area contributed by atoms with Crippen LogP contribution in [0.5, 0.6) is 0 Å². The number of rotatable bonds is 1. The molecule has 0 aromatic carbocycles. The summed E-state index contributed by atoms with van der Waals surface area (Å²) in [6, 6.07) is 1.94. The van der Waals surface area contributed by atoms with Crippen LogP contribution in [0.15, 0.2) is 22.8 Å². The Balaban J connectivity index is 3.21. The van der Waals surface area contributed by atoms with Gasteiger partial charge in [-0.25, -0.2) is 4.79 Å². The van der Waals surface area contributed by atoms with Crippen molar-refractivity contribution in [2.45, 2.75) is 33.6 Å². The maximum Gasteiger partial charge on any atom is 0.348 e. The zero-order chi connectivity index (χ0) is 12.3.